The normalized spacial score (nSPS) is 17.0. The summed E-state index contributed by atoms with van der Waals surface area (Å²) in [4.78, 5) is 13.9. The van der Waals surface area contributed by atoms with Crippen molar-refractivity contribution in [3.63, 3.8) is 0 Å². The minimum absolute atomic E-state index is 0.0586. The van der Waals surface area contributed by atoms with E-state index >= 15 is 0 Å². The lowest BCUT2D eigenvalue weighted by Crippen LogP contribution is -2.35. The fourth-order valence-corrected chi connectivity index (χ4v) is 3.49. The smallest absolute Gasteiger partial charge is 0.405 e. The summed E-state index contributed by atoms with van der Waals surface area (Å²) in [5.41, 5.74) is 0.870. The number of benzene rings is 2. The van der Waals surface area contributed by atoms with Gasteiger partial charge in [0.15, 0.2) is 0 Å². The average molecular weight is 410 g/mol. The van der Waals surface area contributed by atoms with Gasteiger partial charge in [0.2, 0.25) is 5.91 Å². The first-order chi connectivity index (χ1) is 13.8. The molecule has 1 amide bonds. The predicted octanol–water partition coefficient (Wildman–Crippen LogP) is 4.40. The Morgan fingerprint density at radius 1 is 1.07 bits per heavy atom. The van der Waals surface area contributed by atoms with Gasteiger partial charge in [-0.25, -0.2) is 4.39 Å². The summed E-state index contributed by atoms with van der Waals surface area (Å²) in [6.45, 7) is 0.988. The van der Waals surface area contributed by atoms with Gasteiger partial charge in [-0.1, -0.05) is 36.4 Å². The Hall–Kier alpha value is -2.61. The SMILES string of the molecule is O=C1CCC(CCNCc2ccccc2F)N1Cc1ccccc1OC(F)(F)F. The number of hydrogen-bond acceptors (Lipinski definition) is 3. The van der Waals surface area contributed by atoms with Gasteiger partial charge in [-0.2, -0.15) is 0 Å². The summed E-state index contributed by atoms with van der Waals surface area (Å²) in [6, 6.07) is 12.2. The van der Waals surface area contributed by atoms with Gasteiger partial charge in [0, 0.05) is 36.7 Å². The van der Waals surface area contributed by atoms with Crippen LogP contribution in [0.5, 0.6) is 5.75 Å². The van der Waals surface area contributed by atoms with Crippen molar-refractivity contribution in [2.45, 2.75) is 44.8 Å². The van der Waals surface area contributed by atoms with Crippen LogP contribution >= 0.6 is 0 Å². The van der Waals surface area contributed by atoms with Crippen LogP contribution in [0.4, 0.5) is 17.6 Å². The number of carbonyl (C=O) groups excluding carboxylic acids is 1. The van der Waals surface area contributed by atoms with Gasteiger partial charge in [-0.3, -0.25) is 4.79 Å². The van der Waals surface area contributed by atoms with Gasteiger partial charge in [-0.05, 0) is 31.5 Å². The van der Waals surface area contributed by atoms with E-state index in [-0.39, 0.29) is 30.1 Å². The molecule has 8 heteroatoms. The summed E-state index contributed by atoms with van der Waals surface area (Å²) in [7, 11) is 0. The monoisotopic (exact) mass is 410 g/mol. The molecule has 1 heterocycles. The van der Waals surface area contributed by atoms with Crippen LogP contribution in [-0.2, 0) is 17.9 Å². The Morgan fingerprint density at radius 2 is 1.76 bits per heavy atom. The molecule has 1 atom stereocenters. The van der Waals surface area contributed by atoms with Crippen LogP contribution in [0.3, 0.4) is 0 Å². The van der Waals surface area contributed by atoms with Crippen LogP contribution in [0.25, 0.3) is 0 Å². The highest BCUT2D eigenvalue weighted by atomic mass is 19.4. The number of hydrogen-bond donors (Lipinski definition) is 1. The number of carbonyl (C=O) groups is 1. The van der Waals surface area contributed by atoms with E-state index < -0.39 is 6.36 Å². The van der Waals surface area contributed by atoms with E-state index in [2.05, 4.69) is 10.1 Å². The molecule has 0 saturated carbocycles. The molecule has 0 aliphatic carbocycles. The second-order valence-corrected chi connectivity index (χ2v) is 6.93. The van der Waals surface area contributed by atoms with E-state index in [1.54, 1.807) is 29.2 Å². The molecule has 0 aromatic heterocycles. The molecular weight excluding hydrogens is 388 g/mol. The standard InChI is InChI=1S/C21H22F4N2O2/c22-18-7-3-1-5-15(18)13-26-12-11-17-9-10-20(28)27(17)14-16-6-2-4-8-19(16)29-21(23,24)25/h1-8,17,26H,9-14H2. The maximum absolute atomic E-state index is 13.6. The molecule has 1 fully saturated rings. The zero-order valence-corrected chi connectivity index (χ0v) is 15.7. The molecule has 2 aromatic carbocycles. The van der Waals surface area contributed by atoms with Crippen LogP contribution in [0.2, 0.25) is 0 Å². The zero-order chi connectivity index (χ0) is 20.9. The molecule has 1 aliphatic rings. The molecule has 1 unspecified atom stereocenters. The summed E-state index contributed by atoms with van der Waals surface area (Å²) in [6.07, 6.45) is -3.16. The molecule has 3 rings (SSSR count). The molecule has 29 heavy (non-hydrogen) atoms. The molecule has 1 N–H and O–H groups in total. The molecule has 0 bridgehead atoms. The number of para-hydroxylation sites is 1. The van der Waals surface area contributed by atoms with Crippen molar-refractivity contribution in [3.8, 4) is 5.75 Å². The maximum atomic E-state index is 13.6. The van der Waals surface area contributed by atoms with Crippen molar-refractivity contribution < 1.29 is 27.1 Å². The highest BCUT2D eigenvalue weighted by molar-refractivity contribution is 5.78. The van der Waals surface area contributed by atoms with Gasteiger partial charge in [0.1, 0.15) is 11.6 Å². The van der Waals surface area contributed by atoms with E-state index in [0.29, 0.717) is 43.5 Å². The first kappa shape index (κ1) is 21.1. The number of ether oxygens (including phenoxy) is 1. The van der Waals surface area contributed by atoms with Crippen LogP contribution in [-0.4, -0.2) is 29.8 Å². The van der Waals surface area contributed by atoms with E-state index in [1.165, 1.54) is 24.3 Å². The van der Waals surface area contributed by atoms with Gasteiger partial charge < -0.3 is 15.0 Å². The van der Waals surface area contributed by atoms with Crippen molar-refractivity contribution in [1.29, 1.82) is 0 Å². The second kappa shape index (κ2) is 9.26. The molecule has 156 valence electrons. The van der Waals surface area contributed by atoms with Gasteiger partial charge in [-0.15, -0.1) is 13.2 Å². The van der Waals surface area contributed by atoms with E-state index in [9.17, 15) is 22.4 Å². The molecule has 2 aromatic rings. The van der Waals surface area contributed by atoms with Crippen molar-refractivity contribution >= 4 is 5.91 Å². The third-order valence-electron chi connectivity index (χ3n) is 4.92. The minimum atomic E-state index is -4.79. The minimum Gasteiger partial charge on any atom is -0.405 e. The Balaban J connectivity index is 1.58. The molecule has 1 saturated heterocycles. The summed E-state index contributed by atoms with van der Waals surface area (Å²) in [5.74, 6) is -0.666. The van der Waals surface area contributed by atoms with E-state index in [1.807, 2.05) is 0 Å². The number of rotatable bonds is 8. The Bertz CT molecular complexity index is 841. The maximum Gasteiger partial charge on any atom is 0.573 e. The number of halogens is 4. The number of nitrogens with one attached hydrogen (secondary N) is 1. The van der Waals surface area contributed by atoms with Crippen LogP contribution in [0.15, 0.2) is 48.5 Å². The topological polar surface area (TPSA) is 41.6 Å². The van der Waals surface area contributed by atoms with Gasteiger partial charge >= 0.3 is 6.36 Å². The Morgan fingerprint density at radius 3 is 2.48 bits per heavy atom. The lowest BCUT2D eigenvalue weighted by molar-refractivity contribution is -0.275. The first-order valence-electron chi connectivity index (χ1n) is 9.41. The molecule has 1 aliphatic heterocycles. The predicted molar refractivity (Wildman–Crippen MR) is 99.4 cm³/mol. The molecular formula is C21H22F4N2O2. The number of alkyl halides is 3. The number of nitrogens with zero attached hydrogens (tertiary/aromatic N) is 1. The highest BCUT2D eigenvalue weighted by Gasteiger charge is 2.34. The third-order valence-corrected chi connectivity index (χ3v) is 4.92. The first-order valence-corrected chi connectivity index (χ1v) is 9.41. The largest absolute Gasteiger partial charge is 0.573 e. The third kappa shape index (κ3) is 5.93. The van der Waals surface area contributed by atoms with Crippen LogP contribution < -0.4 is 10.1 Å². The summed E-state index contributed by atoms with van der Waals surface area (Å²) in [5, 5.41) is 3.16. The van der Waals surface area contributed by atoms with Crippen molar-refractivity contribution in [2.24, 2.45) is 0 Å². The molecule has 0 spiro atoms. The highest BCUT2D eigenvalue weighted by Crippen LogP contribution is 2.30. The number of likely N-dealkylation sites (tertiary alicyclic amines) is 1. The average Bonchev–Trinajstić information content (AvgIpc) is 3.00. The van der Waals surface area contributed by atoms with Crippen molar-refractivity contribution in [1.82, 2.24) is 10.2 Å². The van der Waals surface area contributed by atoms with Gasteiger partial charge in [0.25, 0.3) is 0 Å². The Kier molecular flexibility index (Phi) is 6.74. The molecule has 0 radical (unpaired) electrons. The number of amides is 1. The van der Waals surface area contributed by atoms with Crippen molar-refractivity contribution in [2.75, 3.05) is 6.54 Å². The quantitative estimate of drug-likeness (QED) is 0.518. The Labute approximate surface area is 166 Å². The van der Waals surface area contributed by atoms with Crippen LogP contribution in [0.1, 0.15) is 30.4 Å². The fraction of sp³-hybridized carbons (Fsp3) is 0.381. The fourth-order valence-electron chi connectivity index (χ4n) is 3.49. The summed E-state index contributed by atoms with van der Waals surface area (Å²) >= 11 is 0. The summed E-state index contributed by atoms with van der Waals surface area (Å²) < 4.78 is 55.6. The second-order valence-electron chi connectivity index (χ2n) is 6.93. The van der Waals surface area contributed by atoms with Crippen LogP contribution in [0, 0.1) is 5.82 Å². The van der Waals surface area contributed by atoms with E-state index in [0.717, 1.165) is 0 Å². The zero-order valence-electron chi connectivity index (χ0n) is 15.7. The molecule has 4 nitrogen and oxygen atoms in total. The van der Waals surface area contributed by atoms with E-state index in [4.69, 9.17) is 0 Å². The van der Waals surface area contributed by atoms with Crippen molar-refractivity contribution in [3.05, 3.63) is 65.5 Å². The lowest BCUT2D eigenvalue weighted by Gasteiger charge is -2.26. The van der Waals surface area contributed by atoms with Gasteiger partial charge in [0.05, 0.1) is 0 Å². The lowest BCUT2D eigenvalue weighted by atomic mass is 10.1.